The van der Waals surface area contributed by atoms with Crippen LogP contribution in [0.5, 0.6) is 5.75 Å². The van der Waals surface area contributed by atoms with Gasteiger partial charge in [-0.3, -0.25) is 0 Å². The van der Waals surface area contributed by atoms with Gasteiger partial charge in [-0.2, -0.15) is 0 Å². The van der Waals surface area contributed by atoms with Crippen molar-refractivity contribution in [3.8, 4) is 28.0 Å². The van der Waals surface area contributed by atoms with E-state index < -0.39 is 11.6 Å². The minimum Gasteiger partial charge on any atom is -0.424 e. The topological polar surface area (TPSA) is 26.3 Å². The van der Waals surface area contributed by atoms with Crippen LogP contribution >= 0.6 is 0 Å². The molecule has 0 saturated carbocycles. The lowest BCUT2D eigenvalue weighted by Gasteiger charge is -2.17. The number of ether oxygens (including phenoxy) is 1. The Labute approximate surface area is 210 Å². The van der Waals surface area contributed by atoms with Crippen LogP contribution in [0.2, 0.25) is 0 Å². The Kier molecular flexibility index (Phi) is 10.1. The van der Waals surface area contributed by atoms with E-state index in [-0.39, 0.29) is 6.42 Å². The van der Waals surface area contributed by atoms with Gasteiger partial charge in [0.1, 0.15) is 5.75 Å². The molecule has 1 atom stereocenters. The van der Waals surface area contributed by atoms with Crippen LogP contribution in [0.1, 0.15) is 77.7 Å². The molecule has 186 valence electrons. The fourth-order valence-corrected chi connectivity index (χ4v) is 4.43. The second-order valence-electron chi connectivity index (χ2n) is 9.62. The summed E-state index contributed by atoms with van der Waals surface area (Å²) in [5.74, 6) is -0.483. The number of alkyl halides is 1. The standard InChI is InChI=1S/C32H39FO2/c1-4-6-7-8-9-10-13-25-16-18-26(19-17-25)29-14-11-12-15-30(29)27-20-22-28(23-21-27)35-31(34)32(3,33)24-5-2/h11-12,14-23H,4-10,13,24H2,1-3H3. The normalized spacial score (nSPS) is 12.8. The first-order valence-corrected chi connectivity index (χ1v) is 13.1. The lowest BCUT2D eigenvalue weighted by molar-refractivity contribution is -0.147. The van der Waals surface area contributed by atoms with Gasteiger partial charge in [-0.1, -0.05) is 113 Å². The number of hydrogen-bond acceptors (Lipinski definition) is 2. The quantitative estimate of drug-likeness (QED) is 0.140. The third-order valence-corrected chi connectivity index (χ3v) is 6.53. The fourth-order valence-electron chi connectivity index (χ4n) is 4.43. The number of benzene rings is 3. The van der Waals surface area contributed by atoms with E-state index >= 15 is 0 Å². The molecule has 0 aromatic heterocycles. The maximum absolute atomic E-state index is 14.4. The van der Waals surface area contributed by atoms with Crippen LogP contribution in [-0.4, -0.2) is 11.6 Å². The summed E-state index contributed by atoms with van der Waals surface area (Å²) in [5.41, 5.74) is 3.87. The third kappa shape index (κ3) is 7.78. The van der Waals surface area contributed by atoms with Gasteiger partial charge in [0.25, 0.3) is 0 Å². The molecule has 0 radical (unpaired) electrons. The first-order chi connectivity index (χ1) is 16.9. The summed E-state index contributed by atoms with van der Waals surface area (Å²) in [7, 11) is 0. The molecular weight excluding hydrogens is 435 g/mol. The summed E-state index contributed by atoms with van der Waals surface area (Å²) in [4.78, 5) is 12.2. The Bertz CT molecular complexity index is 1050. The van der Waals surface area contributed by atoms with Gasteiger partial charge in [-0.25, -0.2) is 9.18 Å². The van der Waals surface area contributed by atoms with Crippen molar-refractivity contribution in [3.63, 3.8) is 0 Å². The molecule has 0 amide bonds. The third-order valence-electron chi connectivity index (χ3n) is 6.53. The highest BCUT2D eigenvalue weighted by atomic mass is 19.1. The van der Waals surface area contributed by atoms with Gasteiger partial charge in [0, 0.05) is 0 Å². The number of carbonyl (C=O) groups excluding carboxylic acids is 1. The number of halogens is 1. The van der Waals surface area contributed by atoms with Crippen LogP contribution < -0.4 is 4.74 Å². The molecule has 0 N–H and O–H groups in total. The molecule has 0 aliphatic heterocycles. The molecule has 0 aliphatic rings. The highest BCUT2D eigenvalue weighted by molar-refractivity contribution is 5.84. The minimum atomic E-state index is -1.97. The van der Waals surface area contributed by atoms with E-state index in [9.17, 15) is 9.18 Å². The molecule has 3 aromatic carbocycles. The van der Waals surface area contributed by atoms with E-state index in [4.69, 9.17) is 4.74 Å². The zero-order valence-corrected chi connectivity index (χ0v) is 21.5. The van der Waals surface area contributed by atoms with Crippen LogP contribution in [0, 0.1) is 0 Å². The van der Waals surface area contributed by atoms with Gasteiger partial charge < -0.3 is 4.74 Å². The second kappa shape index (κ2) is 13.2. The Morgan fingerprint density at radius 3 is 1.86 bits per heavy atom. The number of hydrogen-bond donors (Lipinski definition) is 0. The summed E-state index contributed by atoms with van der Waals surface area (Å²) >= 11 is 0. The molecular formula is C32H39FO2. The van der Waals surface area contributed by atoms with Crippen molar-refractivity contribution in [1.82, 2.24) is 0 Å². The van der Waals surface area contributed by atoms with E-state index in [1.54, 1.807) is 12.1 Å². The highest BCUT2D eigenvalue weighted by Crippen LogP contribution is 2.33. The van der Waals surface area contributed by atoms with Crippen LogP contribution in [0.15, 0.2) is 72.8 Å². The fraction of sp³-hybridized carbons (Fsp3) is 0.406. The summed E-state index contributed by atoms with van der Waals surface area (Å²) < 4.78 is 19.7. The van der Waals surface area contributed by atoms with Crippen LogP contribution in [-0.2, 0) is 11.2 Å². The average molecular weight is 475 g/mol. The molecule has 0 saturated heterocycles. The van der Waals surface area contributed by atoms with Gasteiger partial charge in [-0.05, 0) is 66.1 Å². The molecule has 0 spiro atoms. The maximum atomic E-state index is 14.4. The van der Waals surface area contributed by atoms with Crippen LogP contribution in [0.25, 0.3) is 22.3 Å². The van der Waals surface area contributed by atoms with Crippen LogP contribution in [0.4, 0.5) is 4.39 Å². The molecule has 1 unspecified atom stereocenters. The largest absolute Gasteiger partial charge is 0.424 e. The zero-order valence-electron chi connectivity index (χ0n) is 21.5. The first-order valence-electron chi connectivity index (χ1n) is 13.1. The van der Waals surface area contributed by atoms with E-state index in [1.165, 1.54) is 56.6 Å². The number of carbonyl (C=O) groups is 1. The maximum Gasteiger partial charge on any atom is 0.348 e. The second-order valence-corrected chi connectivity index (χ2v) is 9.62. The molecule has 3 heteroatoms. The summed E-state index contributed by atoms with van der Waals surface area (Å²) in [6.45, 7) is 5.38. The molecule has 0 aliphatic carbocycles. The summed E-state index contributed by atoms with van der Waals surface area (Å²) in [6, 6.07) is 24.5. The monoisotopic (exact) mass is 474 g/mol. The molecule has 0 heterocycles. The molecule has 0 fully saturated rings. The average Bonchev–Trinajstić information content (AvgIpc) is 2.87. The van der Waals surface area contributed by atoms with Crippen LogP contribution in [0.3, 0.4) is 0 Å². The van der Waals surface area contributed by atoms with E-state index in [0.717, 1.165) is 23.1 Å². The predicted octanol–water partition coefficient (Wildman–Crippen LogP) is 9.36. The number of rotatable bonds is 13. The number of aryl methyl sites for hydroxylation is 1. The van der Waals surface area contributed by atoms with Gasteiger partial charge in [0.05, 0.1) is 0 Å². The van der Waals surface area contributed by atoms with Gasteiger partial charge in [0.2, 0.25) is 5.67 Å². The SMILES string of the molecule is CCCCCCCCc1ccc(-c2ccccc2-c2ccc(OC(=O)C(C)(F)CCC)cc2)cc1. The Hall–Kier alpha value is -2.94. The van der Waals surface area contributed by atoms with E-state index in [2.05, 4.69) is 49.4 Å². The molecule has 35 heavy (non-hydrogen) atoms. The molecule has 0 bridgehead atoms. The van der Waals surface area contributed by atoms with Gasteiger partial charge in [0.15, 0.2) is 0 Å². The number of unbranched alkanes of at least 4 members (excludes halogenated alkanes) is 5. The summed E-state index contributed by atoms with van der Waals surface area (Å²) in [6.07, 6.45) is 9.73. The van der Waals surface area contributed by atoms with Gasteiger partial charge in [-0.15, -0.1) is 0 Å². The van der Waals surface area contributed by atoms with Gasteiger partial charge >= 0.3 is 5.97 Å². The van der Waals surface area contributed by atoms with Crippen molar-refractivity contribution in [2.24, 2.45) is 0 Å². The molecule has 3 aromatic rings. The Balaban J connectivity index is 1.67. The minimum absolute atomic E-state index is 0.148. The van der Waals surface area contributed by atoms with Crippen molar-refractivity contribution < 1.29 is 13.9 Å². The van der Waals surface area contributed by atoms with Crippen molar-refractivity contribution in [2.75, 3.05) is 0 Å². The lowest BCUT2D eigenvalue weighted by Crippen LogP contribution is -2.34. The molecule has 3 rings (SSSR count). The smallest absolute Gasteiger partial charge is 0.348 e. The van der Waals surface area contributed by atoms with Crippen molar-refractivity contribution in [1.29, 1.82) is 0 Å². The van der Waals surface area contributed by atoms with Crippen molar-refractivity contribution in [2.45, 2.75) is 84.2 Å². The zero-order chi connectivity index (χ0) is 25.1. The number of esters is 1. The lowest BCUT2D eigenvalue weighted by atomic mass is 9.93. The molecule has 2 nitrogen and oxygen atoms in total. The Morgan fingerprint density at radius 1 is 0.743 bits per heavy atom. The summed E-state index contributed by atoms with van der Waals surface area (Å²) in [5, 5.41) is 0. The predicted molar refractivity (Wildman–Crippen MR) is 144 cm³/mol. The van der Waals surface area contributed by atoms with Crippen molar-refractivity contribution in [3.05, 3.63) is 78.4 Å². The van der Waals surface area contributed by atoms with E-state index in [0.29, 0.717) is 12.2 Å². The van der Waals surface area contributed by atoms with Crippen molar-refractivity contribution >= 4 is 5.97 Å². The first kappa shape index (κ1) is 26.7. The Morgan fingerprint density at radius 2 is 1.29 bits per heavy atom. The van der Waals surface area contributed by atoms with E-state index in [1.807, 2.05) is 25.1 Å². The highest BCUT2D eigenvalue weighted by Gasteiger charge is 2.34.